The van der Waals surface area contributed by atoms with Crippen LogP contribution in [0.2, 0.25) is 0 Å². The number of hydrogen-bond acceptors (Lipinski definition) is 17. The number of aromatic amines is 3. The molecule has 2 aliphatic heterocycles. The SMILES string of the molecule is CC(C)C[C@H]1NC(=O)[C@H](CCCCN)NC(=O)CCSCc2cccc(c2)CSC[C@@H](C(N)=O)NC(=O)[C@]2(C)CCCN2C(=O)[C@H](Cc2ccc(O)cc2)NC(O)[C@H](Cc2cnc[nH]2)NC(=O)[C@H](CC(=O)O)NC(=O)[C@H](Cc2c[nH]c3ccc(F)cc23)NC(=O)[C@H](Cc2c[nH]c3ccc(F)cc23)NC1=O. The number of nitrogens with zero attached hydrogens (tertiary/aromatic N) is 2. The molecule has 562 valence electrons. The van der Waals surface area contributed by atoms with E-state index in [0.717, 1.165) is 11.1 Å². The lowest BCUT2D eigenvalue weighted by atomic mass is 9.95. The maximum Gasteiger partial charge on any atom is 0.305 e. The van der Waals surface area contributed by atoms with Gasteiger partial charge in [0.25, 0.3) is 0 Å². The zero-order valence-corrected chi connectivity index (χ0v) is 60.1. The van der Waals surface area contributed by atoms with Crippen LogP contribution < -0.4 is 54.0 Å². The third kappa shape index (κ3) is 22.1. The van der Waals surface area contributed by atoms with Crippen LogP contribution in [0.25, 0.3) is 21.8 Å². The molecule has 5 heterocycles. The summed E-state index contributed by atoms with van der Waals surface area (Å²) in [7, 11) is 0. The first-order valence-electron chi connectivity index (χ1n) is 34.8. The highest BCUT2D eigenvalue weighted by Gasteiger charge is 2.49. The fourth-order valence-corrected chi connectivity index (χ4v) is 14.9. The second-order valence-electron chi connectivity index (χ2n) is 27.2. The Morgan fingerprint density at radius 3 is 1.87 bits per heavy atom. The minimum Gasteiger partial charge on any atom is -0.508 e. The Kier molecular flexibility index (Phi) is 28.1. The summed E-state index contributed by atoms with van der Waals surface area (Å²) in [6.45, 7) is 5.48. The van der Waals surface area contributed by atoms with Gasteiger partial charge in [0.05, 0.1) is 24.8 Å². The van der Waals surface area contributed by atoms with Gasteiger partial charge in [-0.15, -0.1) is 0 Å². The summed E-state index contributed by atoms with van der Waals surface area (Å²) in [5.41, 5.74) is 14.3. The Labute approximate surface area is 613 Å². The smallest absolute Gasteiger partial charge is 0.305 e. The topological polar surface area (TPSA) is 443 Å². The molecular formula is C73H91F2N15O13S2. The van der Waals surface area contributed by atoms with Crippen molar-refractivity contribution in [1.82, 2.24) is 67.4 Å². The maximum absolute atomic E-state index is 15.4. The van der Waals surface area contributed by atoms with E-state index in [9.17, 15) is 44.1 Å². The molecule has 28 nitrogen and oxygen atoms in total. The second kappa shape index (κ2) is 37.2. The third-order valence-electron chi connectivity index (χ3n) is 18.6. The van der Waals surface area contributed by atoms with Crippen LogP contribution in [0, 0.1) is 17.6 Å². The van der Waals surface area contributed by atoms with Gasteiger partial charge in [0.1, 0.15) is 65.4 Å². The molecule has 2 bridgehead atoms. The van der Waals surface area contributed by atoms with Crippen molar-refractivity contribution in [3.05, 3.63) is 155 Å². The molecule has 10 atom stereocenters. The quantitative estimate of drug-likeness (QED) is 0.0581. The number of carboxylic acids is 1. The number of imidazole rings is 1. The van der Waals surface area contributed by atoms with Crippen LogP contribution in [0.1, 0.15) is 106 Å². The van der Waals surface area contributed by atoms with E-state index >= 15 is 28.0 Å². The summed E-state index contributed by atoms with van der Waals surface area (Å²) in [6, 6.07) is 9.18. The molecule has 9 amide bonds. The van der Waals surface area contributed by atoms with Crippen LogP contribution in [-0.2, 0) is 85.1 Å². The number of halogens is 2. The lowest BCUT2D eigenvalue weighted by Gasteiger charge is -2.38. The molecule has 0 spiro atoms. The predicted molar refractivity (Wildman–Crippen MR) is 391 cm³/mol. The number of nitrogens with two attached hydrogens (primary N) is 2. The molecular weight excluding hydrogens is 1400 g/mol. The number of rotatable bonds is 17. The maximum atomic E-state index is 15.4. The van der Waals surface area contributed by atoms with Crippen LogP contribution in [-0.4, -0.2) is 184 Å². The number of carbonyl (C=O) groups excluding carboxylic acids is 9. The minimum absolute atomic E-state index is 0.00762. The largest absolute Gasteiger partial charge is 0.508 e. The van der Waals surface area contributed by atoms with Crippen molar-refractivity contribution >= 4 is 104 Å². The molecule has 18 N–H and O–H groups in total. The van der Waals surface area contributed by atoms with Gasteiger partial charge in [0.15, 0.2) is 0 Å². The van der Waals surface area contributed by atoms with Gasteiger partial charge in [-0.3, -0.25) is 53.3 Å². The number of aliphatic carboxylic acids is 1. The van der Waals surface area contributed by atoms with Crippen LogP contribution in [0.15, 0.2) is 110 Å². The van der Waals surface area contributed by atoms with E-state index in [1.54, 1.807) is 20.8 Å². The average Bonchev–Trinajstić information content (AvgIpc) is 1.71. The number of aliphatic hydroxyl groups excluding tert-OH is 1. The molecule has 4 aromatic carbocycles. The molecule has 105 heavy (non-hydrogen) atoms. The van der Waals surface area contributed by atoms with Crippen molar-refractivity contribution in [2.75, 3.05) is 24.6 Å². The molecule has 2 aliphatic rings. The van der Waals surface area contributed by atoms with Crippen molar-refractivity contribution in [1.29, 1.82) is 0 Å². The Morgan fingerprint density at radius 1 is 0.686 bits per heavy atom. The standard InChI is InChI=1S/C73H91F2N15O13S2/c1-40(2)24-55-66(97)84-56(27-44-33-79-52-17-13-46(74)29-50(44)52)67(98)85-57(28-45-34-80-53-18-14-47(75)30-51(45)53)68(99)87-59(32-63(93)94)70(101)86-58(31-48-35-78-39-81-48)69(100)88-60(26-41-11-15-49(91)16-12-41)71(102)90-22-7-20-73(90,3)72(103)89-61(64(77)95)38-105-37-43-9-6-8-42(25-43)36-104-23-19-62(92)82-54(65(96)83-55)10-4-5-21-76/h6,8-9,11-18,25,29-30,33-35,39-40,54-61,69,79-80,88,91,100H,4-5,7,10,19-24,26-28,31-32,36-38,76H2,1-3H3,(H2,77,95)(H,78,81)(H,82,92)(H,83,96)(H,84,97)(H,85,98)(H,86,101)(H,87,99)(H,89,103)(H,93,94)/t54-,55+,56-,57-,58-,59-,60-,61-,69?,73-/m0/s1. The van der Waals surface area contributed by atoms with Gasteiger partial charge in [0.2, 0.25) is 53.2 Å². The summed E-state index contributed by atoms with van der Waals surface area (Å²) in [6.07, 6.45) is 2.89. The first kappa shape index (κ1) is 79.2. The zero-order chi connectivity index (χ0) is 75.5. The number of benzene rings is 4. The minimum atomic E-state index is -2.01. The van der Waals surface area contributed by atoms with E-state index in [1.165, 1.54) is 114 Å². The Morgan fingerprint density at radius 2 is 1.28 bits per heavy atom. The van der Waals surface area contributed by atoms with E-state index < -0.39 is 144 Å². The Bertz CT molecular complexity index is 4220. The van der Waals surface area contributed by atoms with Gasteiger partial charge in [0, 0.05) is 101 Å². The fourth-order valence-electron chi connectivity index (χ4n) is 13.0. The lowest BCUT2D eigenvalue weighted by Crippen LogP contribution is -2.64. The highest BCUT2D eigenvalue weighted by atomic mass is 32.2. The van der Waals surface area contributed by atoms with E-state index in [4.69, 9.17) is 11.5 Å². The molecule has 9 rings (SSSR count). The number of carboxylic acid groups (broad SMARTS) is 1. The molecule has 1 saturated heterocycles. The molecule has 0 aliphatic carbocycles. The number of phenols is 1. The summed E-state index contributed by atoms with van der Waals surface area (Å²) in [5.74, 6) is -9.57. The number of H-pyrrole nitrogens is 3. The Balaban J connectivity index is 1.09. The number of fused-ring (bicyclic) bond motifs is 5. The van der Waals surface area contributed by atoms with Crippen molar-refractivity contribution in [2.45, 2.75) is 169 Å². The molecule has 3 aromatic heterocycles. The van der Waals surface area contributed by atoms with Crippen LogP contribution in [0.4, 0.5) is 8.78 Å². The van der Waals surface area contributed by atoms with Crippen molar-refractivity contribution in [3.63, 3.8) is 0 Å². The summed E-state index contributed by atoms with van der Waals surface area (Å²) in [5, 5.41) is 55.7. The summed E-state index contributed by atoms with van der Waals surface area (Å²) in [4.78, 5) is 159. The van der Waals surface area contributed by atoms with E-state index in [-0.39, 0.29) is 79.9 Å². The van der Waals surface area contributed by atoms with E-state index in [0.29, 0.717) is 76.3 Å². The molecule has 1 unspecified atom stereocenters. The third-order valence-corrected chi connectivity index (χ3v) is 20.7. The fraction of sp³-hybridized carbons (Fsp3) is 0.438. The van der Waals surface area contributed by atoms with Gasteiger partial charge in [-0.25, -0.2) is 13.8 Å². The highest BCUT2D eigenvalue weighted by Crippen LogP contribution is 2.32. The summed E-state index contributed by atoms with van der Waals surface area (Å²) >= 11 is 2.81. The van der Waals surface area contributed by atoms with Gasteiger partial charge in [-0.05, 0) is 141 Å². The summed E-state index contributed by atoms with van der Waals surface area (Å²) < 4.78 is 30.1. The number of unbranched alkanes of at least 4 members (excludes halogenated alkanes) is 1. The first-order chi connectivity index (χ1) is 50.2. The zero-order valence-electron chi connectivity index (χ0n) is 58.4. The number of amides is 9. The van der Waals surface area contributed by atoms with Gasteiger partial charge < -0.3 is 83.9 Å². The van der Waals surface area contributed by atoms with Gasteiger partial charge >= 0.3 is 5.97 Å². The Hall–Kier alpha value is -9.89. The monoisotopic (exact) mass is 1490 g/mol. The number of nitrogens with one attached hydrogen (secondary N) is 11. The number of carbonyl (C=O) groups is 10. The van der Waals surface area contributed by atoms with Crippen molar-refractivity contribution in [3.8, 4) is 5.75 Å². The molecule has 0 saturated carbocycles. The number of aliphatic hydroxyl groups is 1. The number of aromatic hydroxyl groups is 1. The molecule has 7 aromatic rings. The lowest BCUT2D eigenvalue weighted by molar-refractivity contribution is -0.147. The highest BCUT2D eigenvalue weighted by molar-refractivity contribution is 7.98. The number of thioether (sulfide) groups is 2. The molecule has 32 heteroatoms. The van der Waals surface area contributed by atoms with Crippen molar-refractivity contribution < 1.29 is 72.0 Å². The predicted octanol–water partition coefficient (Wildman–Crippen LogP) is 3.38. The van der Waals surface area contributed by atoms with E-state index in [1.807, 2.05) is 24.3 Å². The van der Waals surface area contributed by atoms with Crippen LogP contribution in [0.5, 0.6) is 5.75 Å². The average molecular weight is 1490 g/mol. The number of phenolic OH excluding ortho intramolecular Hbond substituents is 1. The molecule has 1 fully saturated rings. The van der Waals surface area contributed by atoms with Crippen LogP contribution in [0.3, 0.4) is 0 Å². The van der Waals surface area contributed by atoms with Gasteiger partial charge in [-0.2, -0.15) is 23.5 Å². The number of hydrogen-bond donors (Lipinski definition) is 16. The van der Waals surface area contributed by atoms with Gasteiger partial charge in [-0.1, -0.05) is 50.2 Å². The molecule has 0 radical (unpaired) electrons. The van der Waals surface area contributed by atoms with Crippen LogP contribution >= 0.6 is 23.5 Å². The first-order valence-corrected chi connectivity index (χ1v) is 37.1. The van der Waals surface area contributed by atoms with Crippen molar-refractivity contribution in [2.24, 2.45) is 17.4 Å². The normalized spacial score (nSPS) is 23.8. The second-order valence-corrected chi connectivity index (χ2v) is 29.3. The number of aromatic nitrogens is 4. The van der Waals surface area contributed by atoms with E-state index in [2.05, 4.69) is 62.5 Å². The number of primary amides is 1.